The number of ether oxygens (including phenoxy) is 1. The predicted molar refractivity (Wildman–Crippen MR) is 125 cm³/mol. The fourth-order valence-electron chi connectivity index (χ4n) is 3.74. The molecule has 174 valence electrons. The van der Waals surface area contributed by atoms with Crippen molar-refractivity contribution < 1.29 is 23.5 Å². The Morgan fingerprint density at radius 3 is 2.47 bits per heavy atom. The number of hydrogen-bond donors (Lipinski definition) is 2. The summed E-state index contributed by atoms with van der Waals surface area (Å²) in [7, 11) is 0. The zero-order valence-corrected chi connectivity index (χ0v) is 18.8. The second kappa shape index (κ2) is 9.35. The van der Waals surface area contributed by atoms with Crippen molar-refractivity contribution >= 4 is 23.5 Å². The van der Waals surface area contributed by atoms with Gasteiger partial charge in [-0.2, -0.15) is 0 Å². The van der Waals surface area contributed by atoms with Gasteiger partial charge in [-0.1, -0.05) is 48.5 Å². The molecule has 3 aromatic rings. The van der Waals surface area contributed by atoms with Gasteiger partial charge in [0.1, 0.15) is 30.3 Å². The number of amides is 4. The van der Waals surface area contributed by atoms with Crippen LogP contribution in [0.25, 0.3) is 0 Å². The van der Waals surface area contributed by atoms with Crippen LogP contribution < -0.4 is 15.4 Å². The number of imide groups is 1. The lowest BCUT2D eigenvalue weighted by Crippen LogP contribution is -2.42. The van der Waals surface area contributed by atoms with Crippen LogP contribution in [-0.4, -0.2) is 29.3 Å². The monoisotopic (exact) mass is 461 g/mol. The number of halogens is 1. The first-order valence-corrected chi connectivity index (χ1v) is 10.7. The topological polar surface area (TPSA) is 87.7 Å². The molecule has 1 fully saturated rings. The van der Waals surface area contributed by atoms with Crippen molar-refractivity contribution in [1.82, 2.24) is 10.2 Å². The first-order valence-electron chi connectivity index (χ1n) is 10.7. The molecule has 34 heavy (non-hydrogen) atoms. The lowest BCUT2D eigenvalue weighted by Gasteiger charge is -2.22. The standard InChI is InChI=1S/C26H24FN3O4/c1-17-8-13-21(22(14-17)34-16-18-6-4-3-5-7-18)28-23(31)15-30-24(32)26(2,29-25(30)33)19-9-11-20(27)12-10-19/h3-14H,15-16H2,1-2H3,(H,28,31)(H,29,33). The summed E-state index contributed by atoms with van der Waals surface area (Å²) in [6.45, 7) is 3.27. The van der Waals surface area contributed by atoms with Crippen molar-refractivity contribution in [2.24, 2.45) is 0 Å². The number of carbonyl (C=O) groups is 3. The third-order valence-electron chi connectivity index (χ3n) is 5.65. The number of aryl methyl sites for hydroxylation is 1. The van der Waals surface area contributed by atoms with Gasteiger partial charge < -0.3 is 15.4 Å². The zero-order valence-electron chi connectivity index (χ0n) is 18.8. The van der Waals surface area contributed by atoms with Gasteiger partial charge in [-0.3, -0.25) is 14.5 Å². The van der Waals surface area contributed by atoms with Gasteiger partial charge in [-0.25, -0.2) is 9.18 Å². The SMILES string of the molecule is Cc1ccc(NC(=O)CN2C(=O)NC(C)(c3ccc(F)cc3)C2=O)c(OCc2ccccc2)c1. The van der Waals surface area contributed by atoms with Crippen LogP contribution in [-0.2, 0) is 21.7 Å². The molecule has 0 bridgehead atoms. The number of nitrogens with one attached hydrogen (secondary N) is 2. The third kappa shape index (κ3) is 4.76. The Morgan fingerprint density at radius 2 is 1.76 bits per heavy atom. The summed E-state index contributed by atoms with van der Waals surface area (Å²) in [5.41, 5.74) is 1.38. The first kappa shape index (κ1) is 23.0. The van der Waals surface area contributed by atoms with E-state index in [2.05, 4.69) is 10.6 Å². The fourth-order valence-corrected chi connectivity index (χ4v) is 3.74. The van der Waals surface area contributed by atoms with Gasteiger partial charge in [0.25, 0.3) is 5.91 Å². The van der Waals surface area contributed by atoms with Crippen molar-refractivity contribution in [3.05, 3.63) is 95.3 Å². The van der Waals surface area contributed by atoms with Crippen molar-refractivity contribution in [3.8, 4) is 5.75 Å². The molecule has 4 rings (SSSR count). The molecule has 3 aromatic carbocycles. The van der Waals surface area contributed by atoms with Crippen LogP contribution >= 0.6 is 0 Å². The molecule has 0 aromatic heterocycles. The lowest BCUT2D eigenvalue weighted by atomic mass is 9.92. The molecule has 1 atom stereocenters. The van der Waals surface area contributed by atoms with E-state index in [1.807, 2.05) is 43.3 Å². The van der Waals surface area contributed by atoms with E-state index < -0.39 is 35.7 Å². The summed E-state index contributed by atoms with van der Waals surface area (Å²) in [6.07, 6.45) is 0. The molecule has 7 nitrogen and oxygen atoms in total. The normalized spacial score (nSPS) is 17.4. The molecular formula is C26H24FN3O4. The summed E-state index contributed by atoms with van der Waals surface area (Å²) >= 11 is 0. The maximum Gasteiger partial charge on any atom is 0.325 e. The number of anilines is 1. The van der Waals surface area contributed by atoms with E-state index in [0.717, 1.165) is 16.0 Å². The quantitative estimate of drug-likeness (QED) is 0.518. The zero-order chi connectivity index (χ0) is 24.3. The molecule has 1 heterocycles. The van der Waals surface area contributed by atoms with E-state index in [1.165, 1.54) is 31.2 Å². The van der Waals surface area contributed by atoms with Crippen LogP contribution in [0.5, 0.6) is 5.75 Å². The van der Waals surface area contributed by atoms with Gasteiger partial charge in [0.05, 0.1) is 5.69 Å². The second-order valence-electron chi connectivity index (χ2n) is 8.28. The van der Waals surface area contributed by atoms with Crippen molar-refractivity contribution in [3.63, 3.8) is 0 Å². The molecule has 0 radical (unpaired) electrons. The molecule has 4 amide bonds. The fraction of sp³-hybridized carbons (Fsp3) is 0.192. The van der Waals surface area contributed by atoms with E-state index >= 15 is 0 Å². The summed E-state index contributed by atoms with van der Waals surface area (Å²) in [5, 5.41) is 5.33. The molecule has 1 aliphatic rings. The molecular weight excluding hydrogens is 437 g/mol. The van der Waals surface area contributed by atoms with E-state index in [9.17, 15) is 18.8 Å². The minimum atomic E-state index is -1.39. The highest BCUT2D eigenvalue weighted by molar-refractivity contribution is 6.10. The molecule has 8 heteroatoms. The Hall–Kier alpha value is -4.20. The highest BCUT2D eigenvalue weighted by Crippen LogP contribution is 2.30. The van der Waals surface area contributed by atoms with Crippen LogP contribution in [0.4, 0.5) is 14.9 Å². The maximum absolute atomic E-state index is 13.3. The summed E-state index contributed by atoms with van der Waals surface area (Å²) in [5.74, 6) is -1.13. The number of nitrogens with zero attached hydrogens (tertiary/aromatic N) is 1. The van der Waals surface area contributed by atoms with Gasteiger partial charge in [0.2, 0.25) is 5.91 Å². The molecule has 0 aliphatic carbocycles. The Kier molecular flexibility index (Phi) is 6.32. The largest absolute Gasteiger partial charge is 0.487 e. The van der Waals surface area contributed by atoms with Crippen LogP contribution in [0.3, 0.4) is 0 Å². The van der Waals surface area contributed by atoms with Gasteiger partial charge in [0, 0.05) is 0 Å². The van der Waals surface area contributed by atoms with E-state index in [4.69, 9.17) is 4.74 Å². The molecule has 1 unspecified atom stereocenters. The van der Waals surface area contributed by atoms with Crippen molar-refractivity contribution in [1.29, 1.82) is 0 Å². The number of benzene rings is 3. The average Bonchev–Trinajstić information content (AvgIpc) is 3.04. The Bertz CT molecular complexity index is 1230. The second-order valence-corrected chi connectivity index (χ2v) is 8.28. The van der Waals surface area contributed by atoms with E-state index in [0.29, 0.717) is 23.6 Å². The number of rotatable bonds is 7. The predicted octanol–water partition coefficient (Wildman–Crippen LogP) is 4.12. The van der Waals surface area contributed by atoms with Crippen LogP contribution in [0.2, 0.25) is 0 Å². The van der Waals surface area contributed by atoms with Crippen LogP contribution in [0.15, 0.2) is 72.8 Å². The van der Waals surface area contributed by atoms with Gasteiger partial charge >= 0.3 is 6.03 Å². The minimum Gasteiger partial charge on any atom is -0.487 e. The van der Waals surface area contributed by atoms with Crippen LogP contribution in [0.1, 0.15) is 23.6 Å². The van der Waals surface area contributed by atoms with Gasteiger partial charge in [-0.15, -0.1) is 0 Å². The third-order valence-corrected chi connectivity index (χ3v) is 5.65. The molecule has 1 aliphatic heterocycles. The summed E-state index contributed by atoms with van der Waals surface area (Å²) in [4.78, 5) is 39.2. The smallest absolute Gasteiger partial charge is 0.325 e. The number of hydrogen-bond acceptors (Lipinski definition) is 4. The molecule has 0 saturated carbocycles. The molecule has 0 spiro atoms. The molecule has 1 saturated heterocycles. The van der Waals surface area contributed by atoms with E-state index in [1.54, 1.807) is 12.1 Å². The van der Waals surface area contributed by atoms with Gasteiger partial charge in [-0.05, 0) is 54.8 Å². The Labute approximate surface area is 196 Å². The summed E-state index contributed by atoms with van der Waals surface area (Å²) < 4.78 is 19.2. The van der Waals surface area contributed by atoms with Crippen molar-refractivity contribution in [2.45, 2.75) is 26.0 Å². The average molecular weight is 461 g/mol. The maximum atomic E-state index is 13.3. The number of urea groups is 1. The summed E-state index contributed by atoms with van der Waals surface area (Å²) in [6, 6.07) is 19.5. The van der Waals surface area contributed by atoms with Gasteiger partial charge in [0.15, 0.2) is 0 Å². The highest BCUT2D eigenvalue weighted by Gasteiger charge is 2.49. The van der Waals surface area contributed by atoms with Crippen LogP contribution in [0, 0.1) is 12.7 Å². The lowest BCUT2D eigenvalue weighted by molar-refractivity contribution is -0.133. The first-order chi connectivity index (χ1) is 16.3. The van der Waals surface area contributed by atoms with E-state index in [-0.39, 0.29) is 0 Å². The Balaban J connectivity index is 1.46. The minimum absolute atomic E-state index is 0.316. The molecule has 2 N–H and O–H groups in total. The number of carbonyl (C=O) groups excluding carboxylic acids is 3. The van der Waals surface area contributed by atoms with Crippen molar-refractivity contribution in [2.75, 3.05) is 11.9 Å². The highest BCUT2D eigenvalue weighted by atomic mass is 19.1. The Morgan fingerprint density at radius 1 is 1.06 bits per heavy atom.